The average molecular weight is 256 g/mol. The molecule has 0 amide bonds. The van der Waals surface area contributed by atoms with Crippen LogP contribution in [0.25, 0.3) is 0 Å². The zero-order chi connectivity index (χ0) is 12.8. The minimum Gasteiger partial charge on any atom is -0.426 e. The Hall–Kier alpha value is -0.630. The van der Waals surface area contributed by atoms with Crippen LogP contribution < -0.4 is 4.52 Å². The first-order valence-corrected chi connectivity index (χ1v) is 7.23. The molecule has 4 heteroatoms. The molecule has 0 aliphatic carbocycles. The molecule has 0 fully saturated rings. The van der Waals surface area contributed by atoms with Crippen molar-refractivity contribution in [2.45, 2.75) is 46.5 Å². The summed E-state index contributed by atoms with van der Waals surface area (Å²) in [6.07, 6.45) is 3.83. The highest BCUT2D eigenvalue weighted by Gasteiger charge is 2.15. The molecule has 0 bridgehead atoms. The molecule has 0 unspecified atom stereocenters. The van der Waals surface area contributed by atoms with E-state index in [0.717, 1.165) is 42.4 Å². The van der Waals surface area contributed by atoms with Crippen molar-refractivity contribution in [2.75, 3.05) is 0 Å². The lowest BCUT2D eigenvalue weighted by Crippen LogP contribution is -2.00. The predicted molar refractivity (Wildman–Crippen MR) is 71.2 cm³/mol. The van der Waals surface area contributed by atoms with Crippen LogP contribution in [0.3, 0.4) is 0 Å². The van der Waals surface area contributed by atoms with Gasteiger partial charge in [0.2, 0.25) is 0 Å². The van der Waals surface area contributed by atoms with Gasteiger partial charge in [0.25, 0.3) is 0 Å². The quantitative estimate of drug-likeness (QED) is 0.766. The second-order valence-corrected chi connectivity index (χ2v) is 4.88. The van der Waals surface area contributed by atoms with Gasteiger partial charge in [-0.05, 0) is 36.5 Å². The van der Waals surface area contributed by atoms with Gasteiger partial charge in [0, 0.05) is 0 Å². The third-order valence-electron chi connectivity index (χ3n) is 2.77. The second-order valence-electron chi connectivity index (χ2n) is 4.19. The van der Waals surface area contributed by atoms with Crippen LogP contribution in [0.5, 0.6) is 5.75 Å². The zero-order valence-electron chi connectivity index (χ0n) is 10.7. The molecular weight excluding hydrogens is 235 g/mol. The van der Waals surface area contributed by atoms with Crippen LogP contribution in [-0.2, 0) is 12.8 Å². The zero-order valence-corrected chi connectivity index (χ0v) is 11.6. The molecule has 0 radical (unpaired) electrons. The summed E-state index contributed by atoms with van der Waals surface area (Å²) in [6.45, 7) is 6.24. The van der Waals surface area contributed by atoms with Gasteiger partial charge in [-0.1, -0.05) is 38.8 Å². The lowest BCUT2D eigenvalue weighted by Gasteiger charge is -2.17. The second kappa shape index (κ2) is 6.95. The first-order chi connectivity index (χ1) is 8.10. The molecule has 0 heterocycles. The van der Waals surface area contributed by atoms with Crippen molar-refractivity contribution in [3.05, 3.63) is 28.8 Å². The van der Waals surface area contributed by atoms with E-state index >= 15 is 0 Å². The van der Waals surface area contributed by atoms with Crippen LogP contribution in [-0.4, -0.2) is 9.79 Å². The van der Waals surface area contributed by atoms with E-state index in [4.69, 9.17) is 14.3 Å². The van der Waals surface area contributed by atoms with Gasteiger partial charge in [0.1, 0.15) is 5.75 Å². The fraction of sp³-hybridized carbons (Fsp3) is 0.538. The summed E-state index contributed by atoms with van der Waals surface area (Å²) < 4.78 is 5.24. The maximum Gasteiger partial charge on any atom is 0.391 e. The van der Waals surface area contributed by atoms with E-state index in [1.54, 1.807) is 0 Å². The molecule has 0 aromatic heterocycles. The third-order valence-corrected chi connectivity index (χ3v) is 3.11. The smallest absolute Gasteiger partial charge is 0.391 e. The SMILES string of the molecule is CCCc1ccc(C)c(CCC)c1OP(O)O. The Bertz CT molecular complexity index is 364. The van der Waals surface area contributed by atoms with Crippen molar-refractivity contribution in [3.63, 3.8) is 0 Å². The summed E-state index contributed by atoms with van der Waals surface area (Å²) >= 11 is 0. The Morgan fingerprint density at radius 3 is 2.29 bits per heavy atom. The molecule has 1 aromatic rings. The average Bonchev–Trinajstić information content (AvgIpc) is 2.27. The first kappa shape index (κ1) is 14.4. The highest BCUT2D eigenvalue weighted by Crippen LogP contribution is 2.37. The van der Waals surface area contributed by atoms with Gasteiger partial charge in [0.15, 0.2) is 0 Å². The van der Waals surface area contributed by atoms with Crippen molar-refractivity contribution < 1.29 is 14.3 Å². The van der Waals surface area contributed by atoms with Crippen LogP contribution >= 0.6 is 8.60 Å². The lowest BCUT2D eigenvalue weighted by molar-refractivity contribution is 0.371. The molecule has 0 aliphatic heterocycles. The first-order valence-electron chi connectivity index (χ1n) is 6.07. The van der Waals surface area contributed by atoms with Gasteiger partial charge in [-0.15, -0.1) is 0 Å². The molecule has 17 heavy (non-hydrogen) atoms. The molecule has 0 saturated carbocycles. The summed E-state index contributed by atoms with van der Waals surface area (Å²) in [5.74, 6) is 0.685. The standard InChI is InChI=1S/C13H21O3P/c1-4-6-11-9-8-10(3)12(7-5-2)13(11)16-17(14)15/h8-9,14-15H,4-7H2,1-3H3. The van der Waals surface area contributed by atoms with Crippen molar-refractivity contribution in [1.82, 2.24) is 0 Å². The molecule has 0 saturated heterocycles. The predicted octanol–water partition coefficient (Wildman–Crippen LogP) is 3.49. The minimum absolute atomic E-state index is 0.685. The number of benzene rings is 1. The third kappa shape index (κ3) is 3.95. The Labute approximate surface area is 104 Å². The molecule has 3 nitrogen and oxygen atoms in total. The molecule has 0 atom stereocenters. The highest BCUT2D eigenvalue weighted by atomic mass is 31.2. The van der Waals surface area contributed by atoms with Crippen molar-refractivity contribution >= 4 is 8.60 Å². The largest absolute Gasteiger partial charge is 0.426 e. The van der Waals surface area contributed by atoms with E-state index in [2.05, 4.69) is 19.9 Å². The normalized spacial score (nSPS) is 10.9. The fourth-order valence-electron chi connectivity index (χ4n) is 2.00. The minimum atomic E-state index is -2.34. The van der Waals surface area contributed by atoms with Gasteiger partial charge in [-0.25, -0.2) is 0 Å². The van der Waals surface area contributed by atoms with Gasteiger partial charge < -0.3 is 14.3 Å². The number of hydrogen-bond acceptors (Lipinski definition) is 3. The number of rotatable bonds is 6. The van der Waals surface area contributed by atoms with Crippen LogP contribution in [0.1, 0.15) is 43.4 Å². The number of hydrogen-bond donors (Lipinski definition) is 2. The molecule has 0 aliphatic rings. The Morgan fingerprint density at radius 1 is 1.12 bits per heavy atom. The highest BCUT2D eigenvalue weighted by molar-refractivity contribution is 7.39. The summed E-state index contributed by atoms with van der Waals surface area (Å²) in [6, 6.07) is 4.10. The summed E-state index contributed by atoms with van der Waals surface area (Å²) in [4.78, 5) is 18.2. The van der Waals surface area contributed by atoms with Gasteiger partial charge in [-0.2, -0.15) is 0 Å². The monoisotopic (exact) mass is 256 g/mol. The maximum atomic E-state index is 9.08. The van der Waals surface area contributed by atoms with Gasteiger partial charge in [-0.3, -0.25) is 0 Å². The molecule has 0 spiro atoms. The van der Waals surface area contributed by atoms with Gasteiger partial charge in [0.05, 0.1) is 0 Å². The van der Waals surface area contributed by atoms with E-state index in [1.807, 2.05) is 13.0 Å². The molecular formula is C13H21O3P. The van der Waals surface area contributed by atoms with Gasteiger partial charge >= 0.3 is 8.60 Å². The number of aryl methyl sites for hydroxylation is 2. The molecule has 1 aromatic carbocycles. The maximum absolute atomic E-state index is 9.08. The topological polar surface area (TPSA) is 49.7 Å². The van der Waals surface area contributed by atoms with Crippen molar-refractivity contribution in [2.24, 2.45) is 0 Å². The Balaban J connectivity index is 3.17. The van der Waals surface area contributed by atoms with E-state index in [9.17, 15) is 0 Å². The van der Waals surface area contributed by atoms with Crippen molar-refractivity contribution in [1.29, 1.82) is 0 Å². The van der Waals surface area contributed by atoms with E-state index in [1.165, 1.54) is 0 Å². The molecule has 96 valence electrons. The summed E-state index contributed by atoms with van der Waals surface area (Å²) in [7, 11) is -2.34. The summed E-state index contributed by atoms with van der Waals surface area (Å²) in [5.41, 5.74) is 3.32. The van der Waals surface area contributed by atoms with Crippen molar-refractivity contribution in [3.8, 4) is 5.75 Å². The van der Waals surface area contributed by atoms with Crippen LogP contribution in [0, 0.1) is 6.92 Å². The van der Waals surface area contributed by atoms with Crippen LogP contribution in [0.15, 0.2) is 12.1 Å². The van der Waals surface area contributed by atoms with E-state index < -0.39 is 8.60 Å². The lowest BCUT2D eigenvalue weighted by atomic mass is 9.97. The summed E-state index contributed by atoms with van der Waals surface area (Å²) in [5, 5.41) is 0. The Morgan fingerprint density at radius 2 is 1.76 bits per heavy atom. The Kier molecular flexibility index (Phi) is 5.90. The van der Waals surface area contributed by atoms with E-state index in [-0.39, 0.29) is 0 Å². The van der Waals surface area contributed by atoms with E-state index in [0.29, 0.717) is 5.75 Å². The van der Waals surface area contributed by atoms with Crippen LogP contribution in [0.4, 0.5) is 0 Å². The molecule has 1 rings (SSSR count). The fourth-order valence-corrected chi connectivity index (χ4v) is 2.39. The molecule has 2 N–H and O–H groups in total. The van der Waals surface area contributed by atoms with Crippen LogP contribution in [0.2, 0.25) is 0 Å².